The second-order valence-corrected chi connectivity index (χ2v) is 6.60. The molecule has 0 spiro atoms. The Bertz CT molecular complexity index is 858. The number of halogens is 1. The summed E-state index contributed by atoms with van der Waals surface area (Å²) in [5, 5.41) is 31.1. The van der Waals surface area contributed by atoms with Crippen LogP contribution in [-0.4, -0.2) is 43.5 Å². The molecule has 0 bridgehead atoms. The third kappa shape index (κ3) is 2.73. The number of nitrogens with zero attached hydrogens (tertiary/aromatic N) is 2. The molecule has 26 heavy (non-hydrogen) atoms. The largest absolute Gasteiger partial charge is 0.507 e. The van der Waals surface area contributed by atoms with E-state index in [1.165, 1.54) is 18.2 Å². The highest BCUT2D eigenvalue weighted by Gasteiger charge is 2.34. The van der Waals surface area contributed by atoms with Crippen molar-refractivity contribution in [2.75, 3.05) is 38.0 Å². The van der Waals surface area contributed by atoms with Gasteiger partial charge in [-0.3, -0.25) is 0 Å². The number of rotatable bonds is 4. The first-order valence-electron chi connectivity index (χ1n) is 8.07. The van der Waals surface area contributed by atoms with Crippen molar-refractivity contribution in [2.24, 2.45) is 0 Å². The molecule has 3 rings (SSSR count). The molecule has 0 radical (unpaired) electrons. The van der Waals surface area contributed by atoms with Crippen molar-refractivity contribution >= 4 is 22.5 Å². The molecule has 0 heterocycles. The summed E-state index contributed by atoms with van der Waals surface area (Å²) >= 11 is 0. The van der Waals surface area contributed by atoms with Crippen LogP contribution >= 0.6 is 0 Å². The first kappa shape index (κ1) is 17.7. The van der Waals surface area contributed by atoms with Crippen LogP contribution in [-0.2, 0) is 0 Å². The molecule has 1 aliphatic carbocycles. The smallest absolute Gasteiger partial charge is 0.138 e. The molecule has 1 aliphatic rings. The monoisotopic (exact) mass is 356 g/mol. The lowest BCUT2D eigenvalue weighted by Gasteiger charge is -2.26. The number of phenolic OH excluding ortho intramolecular Hbond substituents is 1. The van der Waals surface area contributed by atoms with Crippen molar-refractivity contribution in [1.82, 2.24) is 0 Å². The van der Waals surface area contributed by atoms with E-state index in [-0.39, 0.29) is 34.0 Å². The van der Waals surface area contributed by atoms with Crippen LogP contribution in [0.1, 0.15) is 11.1 Å². The van der Waals surface area contributed by atoms with Crippen LogP contribution < -0.4 is 9.80 Å². The van der Waals surface area contributed by atoms with Gasteiger partial charge in [-0.15, -0.1) is 0 Å². The molecule has 0 aromatic heterocycles. The predicted octanol–water partition coefficient (Wildman–Crippen LogP) is 3.92. The van der Waals surface area contributed by atoms with Crippen LogP contribution in [0.5, 0.6) is 5.75 Å². The van der Waals surface area contributed by atoms with E-state index < -0.39 is 5.82 Å². The van der Waals surface area contributed by atoms with Gasteiger partial charge < -0.3 is 25.1 Å². The highest BCUT2D eigenvalue weighted by molar-refractivity contribution is 6.07. The minimum absolute atomic E-state index is 0.0406. The molecule has 0 saturated carbocycles. The summed E-state index contributed by atoms with van der Waals surface area (Å²) in [5.74, 6) is -1.11. The van der Waals surface area contributed by atoms with E-state index in [1.807, 2.05) is 19.0 Å². The maximum Gasteiger partial charge on any atom is 0.138 e. The Kier molecular flexibility index (Phi) is 4.28. The van der Waals surface area contributed by atoms with E-state index >= 15 is 0 Å². The number of phenols is 1. The average molecular weight is 356 g/mol. The lowest BCUT2D eigenvalue weighted by molar-refractivity contribution is 0.387. The molecule has 6 heteroatoms. The van der Waals surface area contributed by atoms with E-state index in [0.29, 0.717) is 11.3 Å². The molecule has 0 amide bonds. The zero-order valence-electron chi connectivity index (χ0n) is 15.1. The zero-order chi connectivity index (χ0) is 19.2. The third-order valence-electron chi connectivity index (χ3n) is 4.45. The number of aliphatic hydroxyl groups excluding tert-OH is 2. The van der Waals surface area contributed by atoms with E-state index in [0.717, 1.165) is 5.69 Å². The first-order valence-corrected chi connectivity index (χ1v) is 8.07. The van der Waals surface area contributed by atoms with Crippen LogP contribution in [0.25, 0.3) is 11.1 Å². The fourth-order valence-corrected chi connectivity index (χ4v) is 2.92. The van der Waals surface area contributed by atoms with Crippen molar-refractivity contribution < 1.29 is 19.7 Å². The molecule has 5 nitrogen and oxygen atoms in total. The van der Waals surface area contributed by atoms with Gasteiger partial charge in [0.1, 0.15) is 23.1 Å². The topological polar surface area (TPSA) is 67.2 Å². The Balaban J connectivity index is 1.99. The summed E-state index contributed by atoms with van der Waals surface area (Å²) in [6, 6.07) is 9.45. The van der Waals surface area contributed by atoms with Crippen molar-refractivity contribution in [1.29, 1.82) is 0 Å². The van der Waals surface area contributed by atoms with E-state index in [9.17, 15) is 19.7 Å². The number of hydrogen-bond acceptors (Lipinski definition) is 5. The zero-order valence-corrected chi connectivity index (χ0v) is 15.1. The normalized spacial score (nSPS) is 13.7. The summed E-state index contributed by atoms with van der Waals surface area (Å²) in [6.07, 6.45) is 0. The van der Waals surface area contributed by atoms with Gasteiger partial charge in [-0.05, 0) is 30.3 Å². The average Bonchev–Trinajstić information content (AvgIpc) is 2.58. The first-order chi connectivity index (χ1) is 12.2. The molecule has 2 aromatic carbocycles. The SMILES string of the molecule is CN(C)c1ccc(C2=C(O)C(c3ccc(N(C)C)cc3F)=C2O)c(O)c1. The molecule has 136 valence electrons. The van der Waals surface area contributed by atoms with E-state index in [2.05, 4.69) is 0 Å². The summed E-state index contributed by atoms with van der Waals surface area (Å²) in [4.78, 5) is 3.58. The maximum atomic E-state index is 14.4. The molecular weight excluding hydrogens is 335 g/mol. The molecule has 0 fully saturated rings. The second kappa shape index (κ2) is 6.29. The van der Waals surface area contributed by atoms with Gasteiger partial charge in [-0.2, -0.15) is 0 Å². The molecular formula is C20H21FN2O3. The van der Waals surface area contributed by atoms with Gasteiger partial charge in [0.25, 0.3) is 0 Å². The van der Waals surface area contributed by atoms with Gasteiger partial charge in [0.15, 0.2) is 0 Å². The van der Waals surface area contributed by atoms with Gasteiger partial charge in [0.05, 0.1) is 11.1 Å². The Morgan fingerprint density at radius 2 is 1.15 bits per heavy atom. The lowest BCUT2D eigenvalue weighted by atomic mass is 9.84. The highest BCUT2D eigenvalue weighted by Crippen LogP contribution is 2.47. The van der Waals surface area contributed by atoms with Gasteiger partial charge in [-0.1, -0.05) is 0 Å². The molecule has 0 unspecified atom stereocenters. The van der Waals surface area contributed by atoms with Crippen molar-refractivity contribution in [2.45, 2.75) is 0 Å². The van der Waals surface area contributed by atoms with Crippen molar-refractivity contribution in [3.8, 4) is 5.75 Å². The fraction of sp³-hybridized carbons (Fsp3) is 0.200. The number of aliphatic hydroxyl groups is 2. The van der Waals surface area contributed by atoms with Gasteiger partial charge in [0.2, 0.25) is 0 Å². The Hall–Kier alpha value is -3.15. The number of hydrogen-bond donors (Lipinski definition) is 3. The number of aromatic hydroxyl groups is 1. The van der Waals surface area contributed by atoms with E-state index in [1.54, 1.807) is 37.2 Å². The lowest BCUT2D eigenvalue weighted by Crippen LogP contribution is -2.14. The minimum atomic E-state index is -0.546. The van der Waals surface area contributed by atoms with Crippen LogP contribution in [0.4, 0.5) is 15.8 Å². The molecule has 3 N–H and O–H groups in total. The van der Waals surface area contributed by atoms with Crippen LogP contribution in [0.2, 0.25) is 0 Å². The summed E-state index contributed by atoms with van der Waals surface area (Å²) in [7, 11) is 7.27. The predicted molar refractivity (Wildman–Crippen MR) is 102 cm³/mol. The Morgan fingerprint density at radius 1 is 0.692 bits per heavy atom. The molecule has 0 atom stereocenters. The Morgan fingerprint density at radius 3 is 1.62 bits per heavy atom. The number of benzene rings is 2. The highest BCUT2D eigenvalue weighted by atomic mass is 19.1. The third-order valence-corrected chi connectivity index (χ3v) is 4.45. The Labute approximate surface area is 151 Å². The molecule has 0 aliphatic heterocycles. The maximum absolute atomic E-state index is 14.4. The van der Waals surface area contributed by atoms with Crippen LogP contribution in [0.15, 0.2) is 47.9 Å². The van der Waals surface area contributed by atoms with Gasteiger partial charge in [0, 0.05) is 56.8 Å². The fourth-order valence-electron chi connectivity index (χ4n) is 2.92. The molecule has 2 aromatic rings. The quantitative estimate of drug-likeness (QED) is 0.775. The second-order valence-electron chi connectivity index (χ2n) is 6.60. The van der Waals surface area contributed by atoms with Crippen molar-refractivity contribution in [3.05, 3.63) is 64.9 Å². The van der Waals surface area contributed by atoms with Gasteiger partial charge in [-0.25, -0.2) is 4.39 Å². The standard InChI is InChI=1S/C20H21FN2O3/c1-22(2)11-5-7-13(15(21)9-11)17-19(25)18(20(17)26)14-8-6-12(23(3)4)10-16(14)24/h5-10,24-26H,1-4H3. The van der Waals surface area contributed by atoms with Gasteiger partial charge >= 0.3 is 0 Å². The number of allylic oxidation sites excluding steroid dienone is 2. The summed E-state index contributed by atoms with van der Waals surface area (Å²) in [6.45, 7) is 0. The molecule has 0 saturated heterocycles. The van der Waals surface area contributed by atoms with Crippen LogP contribution in [0.3, 0.4) is 0 Å². The minimum Gasteiger partial charge on any atom is -0.507 e. The summed E-state index contributed by atoms with van der Waals surface area (Å²) < 4.78 is 14.4. The summed E-state index contributed by atoms with van der Waals surface area (Å²) in [5.41, 5.74) is 2.00. The van der Waals surface area contributed by atoms with Crippen LogP contribution in [0, 0.1) is 5.82 Å². The number of anilines is 2. The van der Waals surface area contributed by atoms with Crippen molar-refractivity contribution in [3.63, 3.8) is 0 Å². The van der Waals surface area contributed by atoms with E-state index in [4.69, 9.17) is 0 Å².